The SMILES string of the molecule is CS(=O)(=O)c1nc(N)c2c(n1)OCCN(c1ccc([C@H]3CC[C@H](CC(=O)O)CC3)nc1)C2=O. The third-order valence-corrected chi connectivity index (χ3v) is 6.88. The van der Waals surface area contributed by atoms with Crippen molar-refractivity contribution in [2.45, 2.75) is 43.2 Å². The molecule has 4 rings (SSSR count). The van der Waals surface area contributed by atoms with Crippen molar-refractivity contribution in [2.75, 3.05) is 30.0 Å². The Bertz CT molecular complexity index is 1180. The Morgan fingerprint density at radius 1 is 1.24 bits per heavy atom. The Labute approximate surface area is 190 Å². The number of ether oxygens (including phenoxy) is 1. The molecule has 176 valence electrons. The van der Waals surface area contributed by atoms with Crippen LogP contribution in [-0.2, 0) is 14.6 Å². The molecule has 0 atom stereocenters. The topological polar surface area (TPSA) is 166 Å². The van der Waals surface area contributed by atoms with Crippen LogP contribution in [0.25, 0.3) is 0 Å². The van der Waals surface area contributed by atoms with E-state index in [2.05, 4.69) is 15.0 Å². The van der Waals surface area contributed by atoms with Gasteiger partial charge >= 0.3 is 5.97 Å². The Morgan fingerprint density at radius 2 is 1.97 bits per heavy atom. The minimum absolute atomic E-state index is 0.0827. The van der Waals surface area contributed by atoms with Gasteiger partial charge in [0.2, 0.25) is 15.7 Å². The molecule has 2 aromatic rings. The zero-order valence-corrected chi connectivity index (χ0v) is 18.9. The fourth-order valence-corrected chi connectivity index (χ4v) is 4.84. The number of nitrogen functional groups attached to an aromatic ring is 1. The van der Waals surface area contributed by atoms with Gasteiger partial charge in [-0.2, -0.15) is 4.98 Å². The average Bonchev–Trinajstić information content (AvgIpc) is 2.92. The first-order valence-electron chi connectivity index (χ1n) is 10.6. The molecule has 0 bridgehead atoms. The molecule has 1 amide bonds. The van der Waals surface area contributed by atoms with Crippen molar-refractivity contribution in [1.29, 1.82) is 0 Å². The quantitative estimate of drug-likeness (QED) is 0.607. The molecule has 3 heterocycles. The van der Waals surface area contributed by atoms with Crippen LogP contribution in [0.1, 0.15) is 54.1 Å². The molecule has 2 aliphatic rings. The molecule has 2 aromatic heterocycles. The number of aliphatic carboxylic acids is 1. The van der Waals surface area contributed by atoms with Crippen LogP contribution in [0.5, 0.6) is 5.88 Å². The summed E-state index contributed by atoms with van der Waals surface area (Å²) in [7, 11) is -3.73. The normalized spacial score (nSPS) is 21.1. The first-order chi connectivity index (χ1) is 15.6. The zero-order valence-electron chi connectivity index (χ0n) is 18.1. The van der Waals surface area contributed by atoms with E-state index >= 15 is 0 Å². The molecule has 11 nitrogen and oxygen atoms in total. The van der Waals surface area contributed by atoms with E-state index in [4.69, 9.17) is 15.6 Å². The van der Waals surface area contributed by atoms with Crippen LogP contribution in [0.2, 0.25) is 0 Å². The van der Waals surface area contributed by atoms with Gasteiger partial charge in [-0.25, -0.2) is 13.4 Å². The van der Waals surface area contributed by atoms with Gasteiger partial charge in [0.05, 0.1) is 18.4 Å². The number of fused-ring (bicyclic) bond motifs is 1. The number of amides is 1. The van der Waals surface area contributed by atoms with Crippen LogP contribution < -0.4 is 15.4 Å². The highest BCUT2D eigenvalue weighted by Gasteiger charge is 2.31. The molecule has 0 saturated heterocycles. The largest absolute Gasteiger partial charge is 0.481 e. The van der Waals surface area contributed by atoms with Crippen LogP contribution in [0, 0.1) is 5.92 Å². The van der Waals surface area contributed by atoms with E-state index < -0.39 is 26.9 Å². The number of carbonyl (C=O) groups is 2. The molecule has 1 aliphatic carbocycles. The molecule has 0 spiro atoms. The summed E-state index contributed by atoms with van der Waals surface area (Å²) >= 11 is 0. The molecule has 1 fully saturated rings. The van der Waals surface area contributed by atoms with Crippen molar-refractivity contribution in [3.63, 3.8) is 0 Å². The summed E-state index contributed by atoms with van der Waals surface area (Å²) in [4.78, 5) is 37.8. The fraction of sp³-hybridized carbons (Fsp3) is 0.476. The first-order valence-corrected chi connectivity index (χ1v) is 12.5. The van der Waals surface area contributed by atoms with Gasteiger partial charge in [-0.15, -0.1) is 0 Å². The van der Waals surface area contributed by atoms with Crippen molar-refractivity contribution in [1.82, 2.24) is 15.0 Å². The van der Waals surface area contributed by atoms with Gasteiger partial charge in [-0.3, -0.25) is 14.6 Å². The smallest absolute Gasteiger partial charge is 0.303 e. The van der Waals surface area contributed by atoms with Gasteiger partial charge in [0, 0.05) is 24.3 Å². The monoisotopic (exact) mass is 475 g/mol. The van der Waals surface area contributed by atoms with E-state index in [1.807, 2.05) is 6.07 Å². The number of hydrogen-bond donors (Lipinski definition) is 2. The summed E-state index contributed by atoms with van der Waals surface area (Å²) in [6.07, 6.45) is 6.24. The summed E-state index contributed by atoms with van der Waals surface area (Å²) in [6, 6.07) is 3.68. The van der Waals surface area contributed by atoms with Gasteiger partial charge in [0.25, 0.3) is 11.1 Å². The van der Waals surface area contributed by atoms with Crippen LogP contribution in [-0.4, -0.2) is 59.8 Å². The highest BCUT2D eigenvalue weighted by Crippen LogP contribution is 2.37. The first kappa shape index (κ1) is 22.9. The minimum Gasteiger partial charge on any atom is -0.481 e. The predicted molar refractivity (Wildman–Crippen MR) is 118 cm³/mol. The van der Waals surface area contributed by atoms with Crippen LogP contribution in [0.3, 0.4) is 0 Å². The zero-order chi connectivity index (χ0) is 23.8. The summed E-state index contributed by atoms with van der Waals surface area (Å²) < 4.78 is 29.1. The Morgan fingerprint density at radius 3 is 2.58 bits per heavy atom. The Balaban J connectivity index is 1.52. The van der Waals surface area contributed by atoms with Gasteiger partial charge in [0.15, 0.2) is 0 Å². The maximum absolute atomic E-state index is 13.2. The molecule has 33 heavy (non-hydrogen) atoms. The summed E-state index contributed by atoms with van der Waals surface area (Å²) in [6.45, 7) is 0.290. The highest BCUT2D eigenvalue weighted by atomic mass is 32.2. The minimum atomic E-state index is -3.73. The summed E-state index contributed by atoms with van der Waals surface area (Å²) in [5, 5.41) is 8.48. The second-order valence-electron chi connectivity index (χ2n) is 8.41. The van der Waals surface area contributed by atoms with Crippen molar-refractivity contribution >= 4 is 33.2 Å². The Kier molecular flexibility index (Phi) is 6.19. The fourth-order valence-electron chi connectivity index (χ4n) is 4.33. The van der Waals surface area contributed by atoms with Gasteiger partial charge in [0.1, 0.15) is 18.0 Å². The van der Waals surface area contributed by atoms with E-state index in [0.29, 0.717) is 5.69 Å². The lowest BCUT2D eigenvalue weighted by Gasteiger charge is -2.27. The third-order valence-electron chi connectivity index (χ3n) is 6.04. The molecular weight excluding hydrogens is 450 g/mol. The second kappa shape index (κ2) is 8.93. The van der Waals surface area contributed by atoms with Gasteiger partial charge in [-0.1, -0.05) is 0 Å². The van der Waals surface area contributed by atoms with E-state index in [0.717, 1.165) is 37.6 Å². The predicted octanol–water partition coefficient (Wildman–Crippen LogP) is 1.64. The van der Waals surface area contributed by atoms with Crippen LogP contribution in [0.4, 0.5) is 11.5 Å². The lowest BCUT2D eigenvalue weighted by Crippen LogP contribution is -2.33. The van der Waals surface area contributed by atoms with Crippen molar-refractivity contribution in [2.24, 2.45) is 5.92 Å². The molecule has 0 unspecified atom stereocenters. The number of nitrogens with two attached hydrogens (primary N) is 1. The van der Waals surface area contributed by atoms with E-state index in [1.54, 1.807) is 12.3 Å². The standard InChI is InChI=1S/C21H25N5O6S/c1-33(30,31)21-24-18(22)17-19(25-21)32-9-8-26(20(17)29)14-6-7-15(23-11-14)13-4-2-12(3-5-13)10-16(27)28/h6-7,11-13H,2-5,8-10H2,1H3,(H,27,28)(H2,22,24,25)/t12-,13-. The molecule has 12 heteroatoms. The third kappa shape index (κ3) is 4.90. The molecule has 0 radical (unpaired) electrons. The highest BCUT2D eigenvalue weighted by molar-refractivity contribution is 7.90. The number of carbonyl (C=O) groups excluding carboxylic acids is 1. The van der Waals surface area contributed by atoms with Crippen molar-refractivity contribution in [3.8, 4) is 5.88 Å². The summed E-state index contributed by atoms with van der Waals surface area (Å²) in [5.74, 6) is -1.20. The van der Waals surface area contributed by atoms with E-state index in [9.17, 15) is 18.0 Å². The van der Waals surface area contributed by atoms with Crippen molar-refractivity contribution in [3.05, 3.63) is 29.6 Å². The van der Waals surface area contributed by atoms with Gasteiger partial charge < -0.3 is 20.5 Å². The van der Waals surface area contributed by atoms with Crippen molar-refractivity contribution < 1.29 is 27.9 Å². The lowest BCUT2D eigenvalue weighted by atomic mass is 9.79. The van der Waals surface area contributed by atoms with Crippen LogP contribution in [0.15, 0.2) is 23.5 Å². The maximum Gasteiger partial charge on any atom is 0.303 e. The Hall–Kier alpha value is -3.28. The number of carboxylic acid groups (broad SMARTS) is 1. The van der Waals surface area contributed by atoms with Crippen LogP contribution >= 0.6 is 0 Å². The molecular formula is C21H25N5O6S. The molecule has 0 aromatic carbocycles. The number of aromatic nitrogens is 3. The second-order valence-corrected chi connectivity index (χ2v) is 10.3. The maximum atomic E-state index is 13.2. The number of hydrogen-bond acceptors (Lipinski definition) is 9. The van der Waals surface area contributed by atoms with Gasteiger partial charge in [-0.05, 0) is 43.7 Å². The number of pyridine rings is 1. The molecule has 3 N–H and O–H groups in total. The number of nitrogens with zero attached hydrogens (tertiary/aromatic N) is 4. The van der Waals surface area contributed by atoms with E-state index in [-0.39, 0.29) is 48.7 Å². The van der Waals surface area contributed by atoms with E-state index in [1.165, 1.54) is 4.90 Å². The average molecular weight is 476 g/mol. The summed E-state index contributed by atoms with van der Waals surface area (Å²) in [5.41, 5.74) is 7.28. The number of rotatable bonds is 5. The number of carboxylic acids is 1. The lowest BCUT2D eigenvalue weighted by molar-refractivity contribution is -0.138. The molecule has 1 aliphatic heterocycles. The number of sulfone groups is 1. The number of anilines is 2. The molecule has 1 saturated carbocycles.